The number of hydrogen-bond donors (Lipinski definition) is 2. The van der Waals surface area contributed by atoms with Crippen LogP contribution in [-0.2, 0) is 11.2 Å². The minimum atomic E-state index is -0.454. The highest BCUT2D eigenvalue weighted by Crippen LogP contribution is 2.23. The predicted molar refractivity (Wildman–Crippen MR) is 93.4 cm³/mol. The number of nitrogens with two attached hydrogens (primary N) is 1. The monoisotopic (exact) mass is 332 g/mol. The van der Waals surface area contributed by atoms with Gasteiger partial charge in [0.15, 0.2) is 0 Å². The van der Waals surface area contributed by atoms with Crippen molar-refractivity contribution in [3.05, 3.63) is 29.6 Å². The number of aryl methyl sites for hydroxylation is 1. The number of piperidine rings is 1. The molecule has 3 amide bonds. The molecule has 132 valence electrons. The van der Waals surface area contributed by atoms with E-state index in [1.165, 1.54) is 0 Å². The number of aromatic nitrogens is 1. The van der Waals surface area contributed by atoms with Crippen molar-refractivity contribution in [2.45, 2.75) is 45.4 Å². The summed E-state index contributed by atoms with van der Waals surface area (Å²) in [5.41, 5.74) is 6.83. The van der Waals surface area contributed by atoms with Gasteiger partial charge in [-0.25, -0.2) is 4.79 Å². The molecule has 3 N–H and O–H groups in total. The van der Waals surface area contributed by atoms with Crippen LogP contribution in [0.2, 0.25) is 0 Å². The lowest BCUT2D eigenvalue weighted by atomic mass is 9.91. The minimum absolute atomic E-state index is 0.178. The first-order valence-corrected chi connectivity index (χ1v) is 8.78. The summed E-state index contributed by atoms with van der Waals surface area (Å²) in [5, 5.41) is 2.61. The average Bonchev–Trinajstić information content (AvgIpc) is 2.55. The molecule has 2 rings (SSSR count). The molecular weight excluding hydrogens is 304 g/mol. The number of hydrogen-bond acceptors (Lipinski definition) is 3. The number of carbonyl (C=O) groups excluding carboxylic acids is 2. The molecule has 1 aliphatic rings. The molecule has 2 heterocycles. The van der Waals surface area contributed by atoms with Crippen molar-refractivity contribution in [3.63, 3.8) is 0 Å². The second kappa shape index (κ2) is 9.25. The number of likely N-dealkylation sites (tertiary alicyclic amines) is 1. The highest BCUT2D eigenvalue weighted by atomic mass is 16.2. The van der Waals surface area contributed by atoms with Crippen molar-refractivity contribution < 1.29 is 9.59 Å². The van der Waals surface area contributed by atoms with E-state index in [4.69, 9.17) is 5.73 Å². The molecule has 6 heteroatoms. The van der Waals surface area contributed by atoms with Gasteiger partial charge in [-0.1, -0.05) is 18.9 Å². The van der Waals surface area contributed by atoms with Gasteiger partial charge >= 0.3 is 6.03 Å². The molecule has 0 atom stereocenters. The molecule has 0 aromatic carbocycles. The summed E-state index contributed by atoms with van der Waals surface area (Å²) in [7, 11) is 0. The Labute approximate surface area is 143 Å². The van der Waals surface area contributed by atoms with Crippen LogP contribution < -0.4 is 11.1 Å². The number of carbonyl (C=O) groups is 2. The maximum absolute atomic E-state index is 12.4. The molecule has 0 aliphatic carbocycles. The van der Waals surface area contributed by atoms with E-state index in [0.717, 1.165) is 56.6 Å². The van der Waals surface area contributed by atoms with Gasteiger partial charge in [0.1, 0.15) is 0 Å². The average molecular weight is 332 g/mol. The SMILES string of the molecule is Cc1cccc(CC(=O)N2CCC(CCCCNC(N)=O)CC2)n1. The number of nitrogens with zero attached hydrogens (tertiary/aromatic N) is 2. The summed E-state index contributed by atoms with van der Waals surface area (Å²) < 4.78 is 0. The van der Waals surface area contributed by atoms with Crippen molar-refractivity contribution in [1.29, 1.82) is 0 Å². The zero-order valence-electron chi connectivity index (χ0n) is 14.5. The van der Waals surface area contributed by atoms with E-state index in [-0.39, 0.29) is 5.91 Å². The van der Waals surface area contributed by atoms with Gasteiger partial charge in [0.05, 0.1) is 6.42 Å². The molecule has 1 fully saturated rings. The van der Waals surface area contributed by atoms with Crippen LogP contribution in [0.15, 0.2) is 18.2 Å². The summed E-state index contributed by atoms with van der Waals surface area (Å²) in [6.07, 6.45) is 5.73. The summed E-state index contributed by atoms with van der Waals surface area (Å²) >= 11 is 0. The van der Waals surface area contributed by atoms with Crippen molar-refractivity contribution in [2.24, 2.45) is 11.7 Å². The lowest BCUT2D eigenvalue weighted by Crippen LogP contribution is -2.39. The molecule has 0 bridgehead atoms. The lowest BCUT2D eigenvalue weighted by molar-refractivity contribution is -0.131. The third kappa shape index (κ3) is 6.18. The Bertz CT molecular complexity index is 554. The Hall–Kier alpha value is -2.11. The van der Waals surface area contributed by atoms with E-state index >= 15 is 0 Å². The highest BCUT2D eigenvalue weighted by Gasteiger charge is 2.22. The van der Waals surface area contributed by atoms with Crippen LogP contribution in [0.4, 0.5) is 4.79 Å². The molecule has 0 spiro atoms. The number of nitrogens with one attached hydrogen (secondary N) is 1. The van der Waals surface area contributed by atoms with Gasteiger partial charge in [-0.2, -0.15) is 0 Å². The smallest absolute Gasteiger partial charge is 0.312 e. The Morgan fingerprint density at radius 2 is 2.04 bits per heavy atom. The maximum Gasteiger partial charge on any atom is 0.312 e. The molecule has 0 saturated carbocycles. The van der Waals surface area contributed by atoms with Crippen LogP contribution in [0.1, 0.15) is 43.5 Å². The number of primary amides is 1. The van der Waals surface area contributed by atoms with Crippen molar-refractivity contribution in [2.75, 3.05) is 19.6 Å². The molecule has 1 aromatic heterocycles. The summed E-state index contributed by atoms with van der Waals surface area (Å²) in [4.78, 5) is 29.3. The van der Waals surface area contributed by atoms with Gasteiger partial charge in [0.2, 0.25) is 5.91 Å². The fourth-order valence-corrected chi connectivity index (χ4v) is 3.21. The van der Waals surface area contributed by atoms with E-state index in [1.54, 1.807) is 0 Å². The van der Waals surface area contributed by atoms with E-state index in [2.05, 4.69) is 10.3 Å². The van der Waals surface area contributed by atoms with Crippen molar-refractivity contribution in [3.8, 4) is 0 Å². The molecule has 0 radical (unpaired) electrons. The first-order valence-electron chi connectivity index (χ1n) is 8.78. The van der Waals surface area contributed by atoms with Crippen LogP contribution in [0.3, 0.4) is 0 Å². The number of rotatable bonds is 7. The number of amides is 3. The number of pyridine rings is 1. The van der Waals surface area contributed by atoms with Crippen LogP contribution in [0, 0.1) is 12.8 Å². The van der Waals surface area contributed by atoms with Gasteiger partial charge < -0.3 is 16.0 Å². The van der Waals surface area contributed by atoms with Crippen LogP contribution >= 0.6 is 0 Å². The van der Waals surface area contributed by atoms with E-state index in [0.29, 0.717) is 18.9 Å². The van der Waals surface area contributed by atoms with E-state index in [9.17, 15) is 9.59 Å². The van der Waals surface area contributed by atoms with Gasteiger partial charge in [-0.3, -0.25) is 9.78 Å². The summed E-state index contributed by atoms with van der Waals surface area (Å²) in [5.74, 6) is 0.858. The zero-order valence-corrected chi connectivity index (χ0v) is 14.5. The van der Waals surface area contributed by atoms with Crippen LogP contribution in [0.5, 0.6) is 0 Å². The molecule has 1 aromatic rings. The lowest BCUT2D eigenvalue weighted by Gasteiger charge is -2.32. The van der Waals surface area contributed by atoms with Gasteiger partial charge in [0.25, 0.3) is 0 Å². The van der Waals surface area contributed by atoms with Gasteiger partial charge in [-0.05, 0) is 44.2 Å². The summed E-state index contributed by atoms with van der Waals surface area (Å²) in [6.45, 7) is 4.28. The van der Waals surface area contributed by atoms with E-state index in [1.807, 2.05) is 30.0 Å². The molecule has 1 aliphatic heterocycles. The summed E-state index contributed by atoms with van der Waals surface area (Å²) in [6, 6.07) is 5.35. The largest absolute Gasteiger partial charge is 0.352 e. The fraction of sp³-hybridized carbons (Fsp3) is 0.611. The van der Waals surface area contributed by atoms with E-state index < -0.39 is 6.03 Å². The van der Waals surface area contributed by atoms with Gasteiger partial charge in [0, 0.05) is 31.0 Å². The third-order valence-corrected chi connectivity index (χ3v) is 4.58. The topological polar surface area (TPSA) is 88.3 Å². The fourth-order valence-electron chi connectivity index (χ4n) is 3.21. The number of urea groups is 1. The molecule has 0 unspecified atom stereocenters. The highest BCUT2D eigenvalue weighted by molar-refractivity contribution is 5.78. The second-order valence-corrected chi connectivity index (χ2v) is 6.56. The van der Waals surface area contributed by atoms with Crippen molar-refractivity contribution in [1.82, 2.24) is 15.2 Å². The minimum Gasteiger partial charge on any atom is -0.352 e. The van der Waals surface area contributed by atoms with Crippen LogP contribution in [-0.4, -0.2) is 41.5 Å². The first-order chi connectivity index (χ1) is 11.5. The Morgan fingerprint density at radius 3 is 2.71 bits per heavy atom. The molecule has 6 nitrogen and oxygen atoms in total. The zero-order chi connectivity index (χ0) is 17.4. The first kappa shape index (κ1) is 18.2. The third-order valence-electron chi connectivity index (χ3n) is 4.58. The quantitative estimate of drug-likeness (QED) is 0.749. The second-order valence-electron chi connectivity index (χ2n) is 6.56. The molecule has 24 heavy (non-hydrogen) atoms. The molecule has 1 saturated heterocycles. The number of unbranched alkanes of at least 4 members (excludes halogenated alkanes) is 1. The van der Waals surface area contributed by atoms with Crippen LogP contribution in [0.25, 0.3) is 0 Å². The standard InChI is InChI=1S/C18H28N4O2/c1-14-5-4-7-16(21-14)13-17(23)22-11-8-15(9-12-22)6-2-3-10-20-18(19)24/h4-5,7,15H,2-3,6,8-13H2,1H3,(H3,19,20,24). The Balaban J connectivity index is 1.65. The van der Waals surface area contributed by atoms with Crippen molar-refractivity contribution >= 4 is 11.9 Å². The maximum atomic E-state index is 12.4. The normalized spacial score (nSPS) is 15.3. The Morgan fingerprint density at radius 1 is 1.29 bits per heavy atom. The molecular formula is C18H28N4O2. The Kier molecular flexibility index (Phi) is 7.03. The van der Waals surface area contributed by atoms with Gasteiger partial charge in [-0.15, -0.1) is 0 Å². The predicted octanol–water partition coefficient (Wildman–Crippen LogP) is 2.01.